The van der Waals surface area contributed by atoms with Crippen LogP contribution in [0.3, 0.4) is 0 Å². The van der Waals surface area contributed by atoms with E-state index in [9.17, 15) is 4.39 Å². The normalized spacial score (nSPS) is 10.4. The minimum absolute atomic E-state index is 0.204. The minimum Gasteiger partial charge on any atom is -0.399 e. The van der Waals surface area contributed by atoms with E-state index in [1.807, 2.05) is 38.2 Å². The van der Waals surface area contributed by atoms with E-state index in [2.05, 4.69) is 4.90 Å². The van der Waals surface area contributed by atoms with Crippen LogP contribution >= 0.6 is 0 Å². The lowest BCUT2D eigenvalue weighted by Crippen LogP contribution is -2.17. The van der Waals surface area contributed by atoms with Crippen LogP contribution in [-0.4, -0.2) is 7.05 Å². The smallest absolute Gasteiger partial charge is 0.123 e. The van der Waals surface area contributed by atoms with Gasteiger partial charge in [0.15, 0.2) is 0 Å². The number of hydrogen-bond donors (Lipinski definition) is 1. The second kappa shape index (κ2) is 5.08. The fourth-order valence-electron chi connectivity index (χ4n) is 2.03. The molecular weight excluding hydrogens is 227 g/mol. The second-order valence-corrected chi connectivity index (χ2v) is 4.53. The zero-order valence-corrected chi connectivity index (χ0v) is 10.7. The van der Waals surface area contributed by atoms with Gasteiger partial charge in [-0.15, -0.1) is 0 Å². The summed E-state index contributed by atoms with van der Waals surface area (Å²) in [6.07, 6.45) is 0. The number of aryl methyl sites for hydroxylation is 1. The maximum Gasteiger partial charge on any atom is 0.123 e. The molecule has 94 valence electrons. The average Bonchev–Trinajstić information content (AvgIpc) is 2.32. The summed E-state index contributed by atoms with van der Waals surface area (Å²) in [6, 6.07) is 12.5. The third kappa shape index (κ3) is 2.80. The number of rotatable bonds is 3. The van der Waals surface area contributed by atoms with Gasteiger partial charge in [-0.2, -0.15) is 0 Å². The predicted octanol–water partition coefficient (Wildman–Crippen LogP) is 3.35. The third-order valence-electron chi connectivity index (χ3n) is 2.95. The molecule has 0 bridgehead atoms. The Bertz CT molecular complexity index is 552. The highest BCUT2D eigenvalue weighted by Crippen LogP contribution is 2.23. The molecule has 0 radical (unpaired) electrons. The molecule has 2 aromatic carbocycles. The molecule has 2 N–H and O–H groups in total. The molecule has 0 aliphatic carbocycles. The summed E-state index contributed by atoms with van der Waals surface area (Å²) in [7, 11) is 1.98. The number of hydrogen-bond acceptors (Lipinski definition) is 2. The highest BCUT2D eigenvalue weighted by molar-refractivity contribution is 5.60. The van der Waals surface area contributed by atoms with Gasteiger partial charge in [0.25, 0.3) is 0 Å². The maximum absolute atomic E-state index is 13.1. The van der Waals surface area contributed by atoms with Gasteiger partial charge in [-0.25, -0.2) is 4.39 Å². The van der Waals surface area contributed by atoms with Crippen LogP contribution in [-0.2, 0) is 6.54 Å². The van der Waals surface area contributed by atoms with Crippen LogP contribution in [0.2, 0.25) is 0 Å². The van der Waals surface area contributed by atoms with Crippen LogP contribution in [0.1, 0.15) is 11.1 Å². The molecular formula is C15H17FN2. The standard InChI is InChI=1S/C15H17FN2/c1-11-6-7-14(17)9-15(11)18(2)10-12-4-3-5-13(16)8-12/h3-9H,10,17H2,1-2H3. The molecule has 0 fully saturated rings. The van der Waals surface area contributed by atoms with Crippen molar-refractivity contribution in [1.29, 1.82) is 0 Å². The fourth-order valence-corrected chi connectivity index (χ4v) is 2.03. The lowest BCUT2D eigenvalue weighted by molar-refractivity contribution is 0.625. The van der Waals surface area contributed by atoms with E-state index in [4.69, 9.17) is 5.73 Å². The van der Waals surface area contributed by atoms with Crippen molar-refractivity contribution in [3.63, 3.8) is 0 Å². The minimum atomic E-state index is -0.204. The van der Waals surface area contributed by atoms with Crippen molar-refractivity contribution in [3.8, 4) is 0 Å². The van der Waals surface area contributed by atoms with E-state index in [1.54, 1.807) is 12.1 Å². The van der Waals surface area contributed by atoms with Gasteiger partial charge in [0, 0.05) is 25.0 Å². The van der Waals surface area contributed by atoms with Gasteiger partial charge in [-0.1, -0.05) is 18.2 Å². The van der Waals surface area contributed by atoms with Gasteiger partial charge in [0.2, 0.25) is 0 Å². The van der Waals surface area contributed by atoms with Crippen LogP contribution in [0.25, 0.3) is 0 Å². The number of nitrogen functional groups attached to an aromatic ring is 1. The van der Waals surface area contributed by atoms with Crippen molar-refractivity contribution in [2.24, 2.45) is 0 Å². The lowest BCUT2D eigenvalue weighted by atomic mass is 10.1. The van der Waals surface area contributed by atoms with Crippen LogP contribution in [0.5, 0.6) is 0 Å². The number of halogens is 1. The topological polar surface area (TPSA) is 29.3 Å². The number of benzene rings is 2. The molecule has 0 aromatic heterocycles. The molecule has 0 saturated carbocycles. The number of anilines is 2. The van der Waals surface area contributed by atoms with Crippen molar-refractivity contribution >= 4 is 11.4 Å². The van der Waals surface area contributed by atoms with E-state index >= 15 is 0 Å². The van der Waals surface area contributed by atoms with E-state index in [0.717, 1.165) is 22.5 Å². The largest absolute Gasteiger partial charge is 0.399 e. The van der Waals surface area contributed by atoms with Crippen molar-refractivity contribution < 1.29 is 4.39 Å². The first-order chi connectivity index (χ1) is 8.56. The molecule has 0 atom stereocenters. The van der Waals surface area contributed by atoms with Gasteiger partial charge < -0.3 is 10.6 Å². The molecule has 2 nitrogen and oxygen atoms in total. The first-order valence-corrected chi connectivity index (χ1v) is 5.88. The Labute approximate surface area is 107 Å². The second-order valence-electron chi connectivity index (χ2n) is 4.53. The molecule has 3 heteroatoms. The van der Waals surface area contributed by atoms with Gasteiger partial charge in [0.05, 0.1) is 0 Å². The number of nitrogens with zero attached hydrogens (tertiary/aromatic N) is 1. The van der Waals surface area contributed by atoms with Gasteiger partial charge in [-0.05, 0) is 42.3 Å². The molecule has 2 aromatic rings. The maximum atomic E-state index is 13.1. The van der Waals surface area contributed by atoms with Crippen molar-refractivity contribution in [1.82, 2.24) is 0 Å². The molecule has 0 unspecified atom stereocenters. The summed E-state index contributed by atoms with van der Waals surface area (Å²) in [5.74, 6) is -0.204. The molecule has 0 aliphatic rings. The Kier molecular flexibility index (Phi) is 3.51. The zero-order chi connectivity index (χ0) is 13.1. The van der Waals surface area contributed by atoms with Crippen LogP contribution in [0, 0.1) is 12.7 Å². The SMILES string of the molecule is Cc1ccc(N)cc1N(C)Cc1cccc(F)c1. The van der Waals surface area contributed by atoms with Crippen molar-refractivity contribution in [3.05, 3.63) is 59.4 Å². The van der Waals surface area contributed by atoms with Crippen LogP contribution < -0.4 is 10.6 Å². The molecule has 0 aliphatic heterocycles. The van der Waals surface area contributed by atoms with Crippen LogP contribution in [0.15, 0.2) is 42.5 Å². The van der Waals surface area contributed by atoms with Gasteiger partial charge >= 0.3 is 0 Å². The van der Waals surface area contributed by atoms with E-state index in [-0.39, 0.29) is 5.82 Å². The highest BCUT2D eigenvalue weighted by atomic mass is 19.1. The Morgan fingerprint density at radius 3 is 2.67 bits per heavy atom. The molecule has 2 rings (SSSR count). The molecule has 0 amide bonds. The molecule has 0 spiro atoms. The van der Waals surface area contributed by atoms with Crippen LogP contribution in [0.4, 0.5) is 15.8 Å². The first kappa shape index (κ1) is 12.4. The Morgan fingerprint density at radius 1 is 1.17 bits per heavy atom. The zero-order valence-electron chi connectivity index (χ0n) is 10.7. The predicted molar refractivity (Wildman–Crippen MR) is 74.1 cm³/mol. The highest BCUT2D eigenvalue weighted by Gasteiger charge is 2.06. The first-order valence-electron chi connectivity index (χ1n) is 5.88. The Morgan fingerprint density at radius 2 is 1.94 bits per heavy atom. The summed E-state index contributed by atoms with van der Waals surface area (Å²) >= 11 is 0. The van der Waals surface area contributed by atoms with Gasteiger partial charge in [-0.3, -0.25) is 0 Å². The van der Waals surface area contributed by atoms with Gasteiger partial charge in [0.1, 0.15) is 5.82 Å². The quantitative estimate of drug-likeness (QED) is 0.839. The van der Waals surface area contributed by atoms with E-state index < -0.39 is 0 Å². The summed E-state index contributed by atoms with van der Waals surface area (Å²) in [6.45, 7) is 2.69. The molecule has 0 heterocycles. The third-order valence-corrected chi connectivity index (χ3v) is 2.95. The van der Waals surface area contributed by atoms with E-state index in [0.29, 0.717) is 6.54 Å². The van der Waals surface area contributed by atoms with E-state index in [1.165, 1.54) is 6.07 Å². The monoisotopic (exact) mass is 244 g/mol. The Balaban J connectivity index is 2.21. The van der Waals surface area contributed by atoms with Crippen molar-refractivity contribution in [2.45, 2.75) is 13.5 Å². The summed E-state index contributed by atoms with van der Waals surface area (Å²) < 4.78 is 13.1. The molecule has 18 heavy (non-hydrogen) atoms. The summed E-state index contributed by atoms with van der Waals surface area (Å²) in [5.41, 5.74) is 9.70. The average molecular weight is 244 g/mol. The lowest BCUT2D eigenvalue weighted by Gasteiger charge is -2.22. The summed E-state index contributed by atoms with van der Waals surface area (Å²) in [4.78, 5) is 2.07. The Hall–Kier alpha value is -2.03. The molecule has 0 saturated heterocycles. The summed E-state index contributed by atoms with van der Waals surface area (Å²) in [5, 5.41) is 0. The van der Waals surface area contributed by atoms with Crippen molar-refractivity contribution in [2.75, 3.05) is 17.7 Å². The fraction of sp³-hybridized carbons (Fsp3) is 0.200. The number of nitrogens with two attached hydrogens (primary N) is 1.